The van der Waals surface area contributed by atoms with Crippen LogP contribution in [0.25, 0.3) is 0 Å². The Bertz CT molecular complexity index is 1810. The monoisotopic (exact) mass is 1050 g/mol. The van der Waals surface area contributed by atoms with Crippen molar-refractivity contribution in [3.8, 4) is 5.75 Å². The van der Waals surface area contributed by atoms with Gasteiger partial charge >= 0.3 is 0 Å². The van der Waals surface area contributed by atoms with Gasteiger partial charge in [-0.05, 0) is 68.8 Å². The Morgan fingerprint density at radius 2 is 1.26 bits per heavy atom. The summed E-state index contributed by atoms with van der Waals surface area (Å²) in [4.78, 5) is 63.8. The van der Waals surface area contributed by atoms with Gasteiger partial charge in [0.2, 0.25) is 17.7 Å². The largest absolute Gasteiger partial charge is 0.508 e. The lowest BCUT2D eigenvalue weighted by Crippen LogP contribution is -2.59. The molecule has 1 aromatic carbocycles. The molecule has 1 aromatic heterocycles. The summed E-state index contributed by atoms with van der Waals surface area (Å²) >= 11 is 1.17. The molecule has 0 aliphatic heterocycles. The van der Waals surface area contributed by atoms with Crippen molar-refractivity contribution in [1.82, 2.24) is 30.7 Å². The van der Waals surface area contributed by atoms with E-state index in [0.717, 1.165) is 12.0 Å². The maximum absolute atomic E-state index is 14.6. The van der Waals surface area contributed by atoms with Crippen LogP contribution < -0.4 is 21.7 Å². The topological polar surface area (TPSA) is 246 Å². The van der Waals surface area contributed by atoms with Gasteiger partial charge in [0.05, 0.1) is 85.3 Å². The number of hydrogen-bond acceptors (Lipinski definition) is 16. The number of carbonyl (C=O) groups excluding carboxylic acids is 4. The van der Waals surface area contributed by atoms with E-state index in [9.17, 15) is 29.4 Å². The van der Waals surface area contributed by atoms with Crippen LogP contribution in [0.15, 0.2) is 29.6 Å². The number of aliphatic hydroxyl groups is 1. The summed E-state index contributed by atoms with van der Waals surface area (Å²) in [5.74, 6) is -1.46. The van der Waals surface area contributed by atoms with Gasteiger partial charge in [-0.2, -0.15) is 0 Å². The van der Waals surface area contributed by atoms with Crippen LogP contribution in [0.1, 0.15) is 115 Å². The van der Waals surface area contributed by atoms with Crippen LogP contribution >= 0.6 is 11.3 Å². The number of aromatic nitrogens is 1. The summed E-state index contributed by atoms with van der Waals surface area (Å²) in [5, 5.41) is 32.7. The molecule has 0 unspecified atom stereocenters. The Morgan fingerprint density at radius 1 is 0.726 bits per heavy atom. The number of nitrogens with zero attached hydrogens (tertiary/aromatic N) is 3. The number of nitrogens with one attached hydrogen (secondary N) is 3. The zero-order chi connectivity index (χ0) is 54.1. The number of aromatic hydroxyl groups is 1. The molecule has 19 nitrogen and oxygen atoms in total. The molecule has 2 rings (SSSR count). The minimum absolute atomic E-state index is 0.0485. The first-order chi connectivity index (χ1) is 35.0. The van der Waals surface area contributed by atoms with Crippen molar-refractivity contribution in [2.24, 2.45) is 29.4 Å². The first-order valence-electron chi connectivity index (χ1n) is 26.4. The van der Waals surface area contributed by atoms with Crippen LogP contribution in [-0.4, -0.2) is 186 Å². The van der Waals surface area contributed by atoms with Crippen LogP contribution in [0.3, 0.4) is 0 Å². The number of nitrogens with two attached hydrogens (primary N) is 1. The maximum Gasteiger partial charge on any atom is 0.270 e. The molecule has 418 valence electrons. The van der Waals surface area contributed by atoms with Crippen molar-refractivity contribution in [3.63, 3.8) is 0 Å². The molecule has 20 heteroatoms. The number of hydrogen-bond donors (Lipinski definition) is 6. The summed E-state index contributed by atoms with van der Waals surface area (Å²) in [6.07, 6.45) is 1.97. The highest BCUT2D eigenvalue weighted by molar-refractivity contribution is 7.09. The first-order valence-corrected chi connectivity index (χ1v) is 27.3. The summed E-state index contributed by atoms with van der Waals surface area (Å²) < 4.78 is 32.8. The molecule has 0 saturated carbocycles. The van der Waals surface area contributed by atoms with Gasteiger partial charge in [0.1, 0.15) is 28.6 Å². The number of phenolic OH excluding ortho intramolecular Hbond substituents is 1. The molecule has 73 heavy (non-hydrogen) atoms. The third-order valence-electron chi connectivity index (χ3n) is 12.7. The molecule has 0 radical (unpaired) electrons. The number of benzene rings is 1. The zero-order valence-corrected chi connectivity index (χ0v) is 46.6. The van der Waals surface area contributed by atoms with Crippen molar-refractivity contribution < 1.29 is 57.8 Å². The van der Waals surface area contributed by atoms with E-state index in [1.165, 1.54) is 11.3 Å². The molecule has 1 heterocycles. The Morgan fingerprint density at radius 3 is 1.75 bits per heavy atom. The van der Waals surface area contributed by atoms with E-state index in [4.69, 9.17) is 34.2 Å². The van der Waals surface area contributed by atoms with E-state index < -0.39 is 42.1 Å². The highest BCUT2D eigenvalue weighted by Gasteiger charge is 2.38. The van der Waals surface area contributed by atoms with Gasteiger partial charge in [-0.3, -0.25) is 24.1 Å². The number of thiazole rings is 1. The molecular formula is C53H93N7O12S. The fourth-order valence-electron chi connectivity index (χ4n) is 8.25. The maximum atomic E-state index is 14.6. The molecule has 8 atom stereocenters. The van der Waals surface area contributed by atoms with Crippen molar-refractivity contribution in [2.45, 2.75) is 124 Å². The minimum atomic E-state index is -1.08. The van der Waals surface area contributed by atoms with Crippen LogP contribution in [0.2, 0.25) is 0 Å². The van der Waals surface area contributed by atoms with Gasteiger partial charge < -0.3 is 65.2 Å². The average molecular weight is 1050 g/mol. The van der Waals surface area contributed by atoms with Gasteiger partial charge in [-0.1, -0.05) is 80.4 Å². The molecule has 0 spiro atoms. The molecule has 2 aromatic rings. The lowest BCUT2D eigenvalue weighted by molar-refractivity contribution is -0.143. The summed E-state index contributed by atoms with van der Waals surface area (Å²) in [5.41, 5.74) is 6.35. The van der Waals surface area contributed by atoms with E-state index in [0.29, 0.717) is 130 Å². The van der Waals surface area contributed by atoms with Crippen molar-refractivity contribution >= 4 is 35.0 Å². The van der Waals surface area contributed by atoms with Gasteiger partial charge in [-0.25, -0.2) is 4.98 Å². The first kappa shape index (κ1) is 65.3. The standard InChI is InChI=1S/C53H93N7O12S/c1-11-20-60(53(66)47(38(6)12-2)58-51(65)48(59(9)10)39(7)13-3)45(37(4)5)35-46(62)52-57-44(36-73-52)50(64)56-42(34-41-14-16-43(61)17-15-41)33-40(8)49(63)55-19-22-68-24-26-70-28-30-72-32-31-71-29-27-69-25-23-67-21-18-54/h14-17,36-40,42,45-48,61-62H,11-13,18-35,54H2,1-10H3,(H,55,63)(H,56,64)(H,58,65)/t38-,39-,40-,42+,45+,46+,47-,48+/m0/s1. The Hall–Kier alpha value is -3.83. The summed E-state index contributed by atoms with van der Waals surface area (Å²) in [6, 6.07) is 4.68. The van der Waals surface area contributed by atoms with E-state index in [-0.39, 0.29) is 53.3 Å². The quantitative estimate of drug-likeness (QED) is 0.0499. The van der Waals surface area contributed by atoms with Gasteiger partial charge in [0.15, 0.2) is 0 Å². The lowest BCUT2D eigenvalue weighted by Gasteiger charge is -2.39. The molecule has 0 aliphatic rings. The zero-order valence-electron chi connectivity index (χ0n) is 45.7. The Kier molecular flexibility index (Phi) is 33.8. The number of aliphatic hydroxyl groups excluding tert-OH is 1. The highest BCUT2D eigenvalue weighted by atomic mass is 32.1. The number of likely N-dealkylation sites (N-methyl/N-ethyl adjacent to an activating group) is 1. The third kappa shape index (κ3) is 25.5. The predicted octanol–water partition coefficient (Wildman–Crippen LogP) is 4.58. The third-order valence-corrected chi connectivity index (χ3v) is 13.7. The minimum Gasteiger partial charge on any atom is -0.508 e. The van der Waals surface area contributed by atoms with Crippen LogP contribution in [0.5, 0.6) is 5.75 Å². The fourth-order valence-corrected chi connectivity index (χ4v) is 9.04. The number of amides is 4. The Labute approximate surface area is 440 Å². The average Bonchev–Trinajstić information content (AvgIpc) is 3.87. The molecular weight excluding hydrogens is 959 g/mol. The second-order valence-corrected chi connectivity index (χ2v) is 20.2. The predicted molar refractivity (Wildman–Crippen MR) is 284 cm³/mol. The molecule has 0 fully saturated rings. The molecule has 0 bridgehead atoms. The molecule has 0 saturated heterocycles. The lowest BCUT2D eigenvalue weighted by atomic mass is 9.91. The highest BCUT2D eigenvalue weighted by Crippen LogP contribution is 2.29. The van der Waals surface area contributed by atoms with Crippen molar-refractivity contribution in [3.05, 3.63) is 45.9 Å². The van der Waals surface area contributed by atoms with Crippen LogP contribution in [-0.2, 0) is 49.2 Å². The van der Waals surface area contributed by atoms with Crippen molar-refractivity contribution in [2.75, 3.05) is 113 Å². The molecule has 4 amide bonds. The van der Waals surface area contributed by atoms with Crippen LogP contribution in [0, 0.1) is 23.7 Å². The Balaban J connectivity index is 1.97. The van der Waals surface area contributed by atoms with E-state index in [2.05, 4.69) is 27.9 Å². The summed E-state index contributed by atoms with van der Waals surface area (Å²) in [7, 11) is 3.76. The molecule has 7 N–H and O–H groups in total. The summed E-state index contributed by atoms with van der Waals surface area (Å²) in [6.45, 7) is 22.4. The second kappa shape index (κ2) is 37.8. The number of ether oxygens (including phenoxy) is 6. The van der Waals surface area contributed by atoms with Crippen molar-refractivity contribution in [1.29, 1.82) is 0 Å². The normalized spacial score (nSPS) is 15.0. The SMILES string of the molecule is CCCN(C(=O)[C@@H](NC(=O)[C@@H]([C@@H](C)CC)N(C)C)[C@@H](C)CC)[C@H](C[C@@H](O)c1nc(C(=O)N[C@@H](Cc2ccc(O)cc2)C[C@H](C)C(=O)NCCOCCOCCOCCOCCOCCOCCN)cs1)C(C)C. The molecule has 0 aliphatic carbocycles. The van der Waals surface area contributed by atoms with E-state index in [1.807, 2.05) is 65.4 Å². The van der Waals surface area contributed by atoms with Gasteiger partial charge in [-0.15, -0.1) is 11.3 Å². The fraction of sp³-hybridized carbons (Fsp3) is 0.755. The second-order valence-electron chi connectivity index (χ2n) is 19.3. The van der Waals surface area contributed by atoms with Crippen LogP contribution in [0.4, 0.5) is 0 Å². The number of rotatable bonds is 42. The van der Waals surface area contributed by atoms with Gasteiger partial charge in [0, 0.05) is 49.4 Å². The van der Waals surface area contributed by atoms with Gasteiger partial charge in [0.25, 0.3) is 5.91 Å². The smallest absolute Gasteiger partial charge is 0.270 e. The van der Waals surface area contributed by atoms with E-state index >= 15 is 0 Å². The number of carbonyl (C=O) groups is 4. The number of phenols is 1. The van der Waals surface area contributed by atoms with E-state index in [1.54, 1.807) is 36.6 Å².